The van der Waals surface area contributed by atoms with Gasteiger partial charge in [-0.15, -0.1) is 0 Å². The Balaban J connectivity index is 1.82. The number of piperazine rings is 1. The summed E-state index contributed by atoms with van der Waals surface area (Å²) in [6.07, 6.45) is 0. The minimum atomic E-state index is 1.10. The number of benzene rings is 1. The highest BCUT2D eigenvalue weighted by atomic mass is 15.3. The van der Waals surface area contributed by atoms with E-state index in [0.29, 0.717) is 0 Å². The molecular formula is C13H19N2. The molecule has 15 heavy (non-hydrogen) atoms. The van der Waals surface area contributed by atoms with E-state index in [9.17, 15) is 0 Å². The summed E-state index contributed by atoms with van der Waals surface area (Å²) in [4.78, 5) is 4.91. The molecule has 0 atom stereocenters. The van der Waals surface area contributed by atoms with Crippen molar-refractivity contribution in [2.75, 3.05) is 26.2 Å². The lowest BCUT2D eigenvalue weighted by Gasteiger charge is -2.33. The fraction of sp³-hybridized carbons (Fsp3) is 0.462. The number of rotatable bonds is 3. The van der Waals surface area contributed by atoms with Crippen LogP contribution in [-0.4, -0.2) is 36.0 Å². The van der Waals surface area contributed by atoms with Crippen molar-refractivity contribution in [1.29, 1.82) is 0 Å². The van der Waals surface area contributed by atoms with E-state index in [0.717, 1.165) is 6.54 Å². The van der Waals surface area contributed by atoms with Gasteiger partial charge in [-0.2, -0.15) is 0 Å². The fourth-order valence-corrected chi connectivity index (χ4v) is 2.02. The molecule has 1 heterocycles. The lowest BCUT2D eigenvalue weighted by atomic mass is 10.2. The van der Waals surface area contributed by atoms with Gasteiger partial charge >= 0.3 is 0 Å². The first-order chi connectivity index (χ1) is 7.38. The lowest BCUT2D eigenvalue weighted by molar-refractivity contribution is 0.150. The predicted octanol–water partition coefficient (Wildman–Crippen LogP) is 1.99. The summed E-state index contributed by atoms with van der Waals surface area (Å²) in [5.74, 6) is 0. The second-order valence-corrected chi connectivity index (χ2v) is 4.06. The lowest BCUT2D eigenvalue weighted by Crippen LogP contribution is -2.44. The van der Waals surface area contributed by atoms with Gasteiger partial charge in [0.25, 0.3) is 0 Å². The molecular weight excluding hydrogens is 184 g/mol. The number of hydrogen-bond acceptors (Lipinski definition) is 2. The van der Waals surface area contributed by atoms with Crippen LogP contribution in [0.15, 0.2) is 30.3 Å². The summed E-state index contributed by atoms with van der Waals surface area (Å²) >= 11 is 0. The number of nitrogens with zero attached hydrogens (tertiary/aromatic N) is 2. The van der Waals surface area contributed by atoms with Crippen LogP contribution in [0.5, 0.6) is 0 Å². The van der Waals surface area contributed by atoms with Crippen LogP contribution in [0.3, 0.4) is 0 Å². The minimum absolute atomic E-state index is 1.10. The maximum absolute atomic E-state index is 2.52. The van der Waals surface area contributed by atoms with Crippen LogP contribution in [0.2, 0.25) is 0 Å². The molecule has 0 bridgehead atoms. The molecule has 2 rings (SSSR count). The summed E-state index contributed by atoms with van der Waals surface area (Å²) in [7, 11) is 0. The minimum Gasteiger partial charge on any atom is -0.297 e. The third kappa shape index (κ3) is 3.05. The van der Waals surface area contributed by atoms with Crippen molar-refractivity contribution in [3.63, 3.8) is 0 Å². The molecule has 1 aromatic carbocycles. The Morgan fingerprint density at radius 2 is 1.73 bits per heavy atom. The topological polar surface area (TPSA) is 6.48 Å². The second kappa shape index (κ2) is 5.29. The Morgan fingerprint density at radius 3 is 2.33 bits per heavy atom. The van der Waals surface area contributed by atoms with Gasteiger partial charge in [0.1, 0.15) is 0 Å². The maximum Gasteiger partial charge on any atom is 0.0234 e. The average molecular weight is 203 g/mol. The molecule has 0 unspecified atom stereocenters. The molecule has 1 aliphatic rings. The van der Waals surface area contributed by atoms with Crippen molar-refractivity contribution in [3.05, 3.63) is 42.4 Å². The summed E-state index contributed by atoms with van der Waals surface area (Å²) in [6, 6.07) is 10.7. The van der Waals surface area contributed by atoms with E-state index in [2.05, 4.69) is 53.6 Å². The van der Waals surface area contributed by atoms with E-state index in [4.69, 9.17) is 0 Å². The van der Waals surface area contributed by atoms with E-state index in [1.54, 1.807) is 0 Å². The van der Waals surface area contributed by atoms with Gasteiger partial charge in [-0.05, 0) is 12.5 Å². The molecule has 1 aliphatic heterocycles. The van der Waals surface area contributed by atoms with Crippen LogP contribution < -0.4 is 0 Å². The largest absolute Gasteiger partial charge is 0.297 e. The fourth-order valence-electron chi connectivity index (χ4n) is 2.02. The van der Waals surface area contributed by atoms with Crippen molar-refractivity contribution >= 4 is 0 Å². The molecule has 2 heteroatoms. The SMILES string of the molecule is C[CH]N1CCN(Cc2ccccc2)CC1. The van der Waals surface area contributed by atoms with Crippen LogP contribution in [0, 0.1) is 6.54 Å². The molecule has 2 nitrogen and oxygen atoms in total. The highest BCUT2D eigenvalue weighted by molar-refractivity contribution is 5.14. The van der Waals surface area contributed by atoms with Gasteiger partial charge in [-0.3, -0.25) is 9.80 Å². The van der Waals surface area contributed by atoms with Crippen LogP contribution >= 0.6 is 0 Å². The van der Waals surface area contributed by atoms with Crippen molar-refractivity contribution in [2.24, 2.45) is 0 Å². The third-order valence-electron chi connectivity index (χ3n) is 3.02. The highest BCUT2D eigenvalue weighted by Crippen LogP contribution is 2.08. The highest BCUT2D eigenvalue weighted by Gasteiger charge is 2.15. The third-order valence-corrected chi connectivity index (χ3v) is 3.02. The van der Waals surface area contributed by atoms with Crippen molar-refractivity contribution in [3.8, 4) is 0 Å². The van der Waals surface area contributed by atoms with Crippen LogP contribution in [0.25, 0.3) is 0 Å². The zero-order valence-corrected chi connectivity index (χ0v) is 9.39. The van der Waals surface area contributed by atoms with Crippen molar-refractivity contribution in [1.82, 2.24) is 9.80 Å². The molecule has 81 valence electrons. The van der Waals surface area contributed by atoms with E-state index >= 15 is 0 Å². The van der Waals surface area contributed by atoms with E-state index < -0.39 is 0 Å². The predicted molar refractivity (Wildman–Crippen MR) is 63.3 cm³/mol. The van der Waals surface area contributed by atoms with Gasteiger partial charge in [-0.1, -0.05) is 30.3 Å². The summed E-state index contributed by atoms with van der Waals surface area (Å²) in [5.41, 5.74) is 1.42. The molecule has 1 aromatic rings. The second-order valence-electron chi connectivity index (χ2n) is 4.06. The van der Waals surface area contributed by atoms with Gasteiger partial charge in [0, 0.05) is 39.3 Å². The summed E-state index contributed by atoms with van der Waals surface area (Å²) in [5, 5.41) is 0. The first-order valence-corrected chi connectivity index (χ1v) is 5.68. The molecule has 1 saturated heterocycles. The first kappa shape index (κ1) is 10.7. The quantitative estimate of drug-likeness (QED) is 0.741. The van der Waals surface area contributed by atoms with Gasteiger partial charge in [0.2, 0.25) is 0 Å². The van der Waals surface area contributed by atoms with Gasteiger partial charge < -0.3 is 0 Å². The van der Waals surface area contributed by atoms with Gasteiger partial charge in [0.15, 0.2) is 0 Å². The Hall–Kier alpha value is -0.860. The Morgan fingerprint density at radius 1 is 1.07 bits per heavy atom. The molecule has 0 amide bonds. The molecule has 1 radical (unpaired) electrons. The van der Waals surface area contributed by atoms with Gasteiger partial charge in [0.05, 0.1) is 0 Å². The summed E-state index contributed by atoms with van der Waals surface area (Å²) < 4.78 is 0. The monoisotopic (exact) mass is 203 g/mol. The maximum atomic E-state index is 2.52. The van der Waals surface area contributed by atoms with E-state index in [1.165, 1.54) is 31.7 Å². The molecule has 1 fully saturated rings. The van der Waals surface area contributed by atoms with Crippen molar-refractivity contribution < 1.29 is 0 Å². The van der Waals surface area contributed by atoms with Crippen LogP contribution in [0.4, 0.5) is 0 Å². The zero-order chi connectivity index (χ0) is 10.5. The normalized spacial score (nSPS) is 19.3. The Labute approximate surface area is 92.5 Å². The van der Waals surface area contributed by atoms with Crippen molar-refractivity contribution in [2.45, 2.75) is 13.5 Å². The molecule has 0 aromatic heterocycles. The van der Waals surface area contributed by atoms with E-state index in [1.807, 2.05) is 0 Å². The molecule has 0 N–H and O–H groups in total. The summed E-state index contributed by atoms with van der Waals surface area (Å²) in [6.45, 7) is 10.1. The smallest absolute Gasteiger partial charge is 0.0234 e. The Kier molecular flexibility index (Phi) is 3.75. The zero-order valence-electron chi connectivity index (χ0n) is 9.39. The standard InChI is InChI=1S/C13H19N2/c1-2-14-8-10-15(11-9-14)12-13-6-4-3-5-7-13/h2-7H,8-12H2,1H3. The molecule has 0 saturated carbocycles. The van der Waals surface area contributed by atoms with Gasteiger partial charge in [-0.25, -0.2) is 0 Å². The first-order valence-electron chi connectivity index (χ1n) is 5.68. The Bertz CT molecular complexity index is 276. The molecule has 0 spiro atoms. The number of hydrogen-bond donors (Lipinski definition) is 0. The van der Waals surface area contributed by atoms with Crippen LogP contribution in [0.1, 0.15) is 12.5 Å². The van der Waals surface area contributed by atoms with Crippen LogP contribution in [-0.2, 0) is 6.54 Å². The average Bonchev–Trinajstić information content (AvgIpc) is 2.31. The molecule has 0 aliphatic carbocycles. The van der Waals surface area contributed by atoms with E-state index in [-0.39, 0.29) is 0 Å².